The molecule has 0 aromatic heterocycles. The van der Waals surface area contributed by atoms with Crippen LogP contribution in [0.4, 0.5) is 5.69 Å². The SMILES string of the molecule is CC(=O)N1c2ccccc2OC[C@H]1CC(=O)O. The highest BCUT2D eigenvalue weighted by molar-refractivity contribution is 5.95. The van der Waals surface area contributed by atoms with Crippen LogP contribution < -0.4 is 9.64 Å². The molecule has 1 aromatic carbocycles. The number of aliphatic carboxylic acids is 1. The number of carbonyl (C=O) groups is 2. The molecular weight excluding hydrogens is 222 g/mol. The van der Waals surface area contributed by atoms with E-state index in [0.29, 0.717) is 11.4 Å². The minimum absolute atomic E-state index is 0.117. The van der Waals surface area contributed by atoms with E-state index < -0.39 is 12.0 Å². The smallest absolute Gasteiger partial charge is 0.305 e. The Morgan fingerprint density at radius 2 is 2.18 bits per heavy atom. The molecule has 1 atom stereocenters. The van der Waals surface area contributed by atoms with Gasteiger partial charge in [-0.15, -0.1) is 0 Å². The molecule has 1 aliphatic heterocycles. The second kappa shape index (κ2) is 4.45. The van der Waals surface area contributed by atoms with E-state index in [2.05, 4.69) is 0 Å². The van der Waals surface area contributed by atoms with Gasteiger partial charge in [0.15, 0.2) is 0 Å². The van der Waals surface area contributed by atoms with Crippen molar-refractivity contribution in [3.63, 3.8) is 0 Å². The Labute approximate surface area is 98.6 Å². The van der Waals surface area contributed by atoms with Gasteiger partial charge in [-0.2, -0.15) is 0 Å². The summed E-state index contributed by atoms with van der Waals surface area (Å²) < 4.78 is 5.46. The summed E-state index contributed by atoms with van der Waals surface area (Å²) in [4.78, 5) is 23.9. The largest absolute Gasteiger partial charge is 0.489 e. The summed E-state index contributed by atoms with van der Waals surface area (Å²) in [6, 6.07) is 6.68. The van der Waals surface area contributed by atoms with Crippen LogP contribution in [0.3, 0.4) is 0 Å². The highest BCUT2D eigenvalue weighted by atomic mass is 16.5. The molecule has 0 saturated carbocycles. The van der Waals surface area contributed by atoms with Gasteiger partial charge in [-0.25, -0.2) is 0 Å². The maximum absolute atomic E-state index is 11.6. The van der Waals surface area contributed by atoms with E-state index in [4.69, 9.17) is 9.84 Å². The Bertz CT molecular complexity index is 458. The number of para-hydroxylation sites is 2. The molecule has 1 aromatic rings. The van der Waals surface area contributed by atoms with Crippen molar-refractivity contribution in [1.82, 2.24) is 0 Å². The predicted octanol–water partition coefficient (Wildman–Crippen LogP) is 1.28. The summed E-state index contributed by atoms with van der Waals surface area (Å²) in [6.07, 6.45) is -0.117. The zero-order valence-electron chi connectivity index (χ0n) is 9.42. The number of ether oxygens (including phenoxy) is 1. The van der Waals surface area contributed by atoms with Gasteiger partial charge >= 0.3 is 5.97 Å². The van der Waals surface area contributed by atoms with Crippen molar-refractivity contribution < 1.29 is 19.4 Å². The van der Waals surface area contributed by atoms with Gasteiger partial charge in [-0.05, 0) is 12.1 Å². The van der Waals surface area contributed by atoms with Crippen LogP contribution in [0.2, 0.25) is 0 Å². The molecule has 1 heterocycles. The lowest BCUT2D eigenvalue weighted by Crippen LogP contribution is -2.46. The number of rotatable bonds is 2. The second-order valence-corrected chi connectivity index (χ2v) is 3.92. The number of anilines is 1. The molecule has 90 valence electrons. The summed E-state index contributed by atoms with van der Waals surface area (Å²) >= 11 is 0. The third kappa shape index (κ3) is 2.22. The number of fused-ring (bicyclic) bond motifs is 1. The van der Waals surface area contributed by atoms with Crippen molar-refractivity contribution in [3.05, 3.63) is 24.3 Å². The van der Waals surface area contributed by atoms with Crippen molar-refractivity contribution in [3.8, 4) is 5.75 Å². The van der Waals surface area contributed by atoms with Crippen molar-refractivity contribution in [2.24, 2.45) is 0 Å². The standard InChI is InChI=1S/C12H13NO4/c1-8(14)13-9(6-12(15)16)7-17-11-5-3-2-4-10(11)13/h2-5,9H,6-7H2,1H3,(H,15,16)/t9-/m1/s1. The van der Waals surface area contributed by atoms with Crippen LogP contribution >= 0.6 is 0 Å². The molecule has 1 N–H and O–H groups in total. The first-order valence-electron chi connectivity index (χ1n) is 5.33. The Hall–Kier alpha value is -2.04. The van der Waals surface area contributed by atoms with Gasteiger partial charge in [0.25, 0.3) is 0 Å². The molecule has 0 aliphatic carbocycles. The fourth-order valence-electron chi connectivity index (χ4n) is 2.01. The third-order valence-electron chi connectivity index (χ3n) is 2.67. The lowest BCUT2D eigenvalue weighted by atomic mass is 10.1. The highest BCUT2D eigenvalue weighted by Gasteiger charge is 2.31. The van der Waals surface area contributed by atoms with E-state index >= 15 is 0 Å². The summed E-state index contributed by atoms with van der Waals surface area (Å²) in [6.45, 7) is 1.64. The molecule has 0 saturated heterocycles. The van der Waals surface area contributed by atoms with E-state index in [1.165, 1.54) is 11.8 Å². The molecule has 17 heavy (non-hydrogen) atoms. The number of benzene rings is 1. The first kappa shape index (κ1) is 11.4. The van der Waals surface area contributed by atoms with Crippen LogP contribution in [0.25, 0.3) is 0 Å². The number of carbonyl (C=O) groups excluding carboxylic acids is 1. The molecular formula is C12H13NO4. The Kier molecular flexibility index (Phi) is 2.99. The minimum atomic E-state index is -0.941. The van der Waals surface area contributed by atoms with E-state index in [-0.39, 0.29) is 18.9 Å². The minimum Gasteiger partial charge on any atom is -0.489 e. The monoisotopic (exact) mass is 235 g/mol. The van der Waals surface area contributed by atoms with E-state index in [9.17, 15) is 9.59 Å². The van der Waals surface area contributed by atoms with Gasteiger partial charge in [0.1, 0.15) is 12.4 Å². The van der Waals surface area contributed by atoms with E-state index in [1.54, 1.807) is 18.2 Å². The highest BCUT2D eigenvalue weighted by Crippen LogP contribution is 2.34. The maximum atomic E-state index is 11.6. The third-order valence-corrected chi connectivity index (χ3v) is 2.67. The van der Waals surface area contributed by atoms with Gasteiger partial charge in [0.2, 0.25) is 5.91 Å². The maximum Gasteiger partial charge on any atom is 0.305 e. The molecule has 1 amide bonds. The molecule has 0 unspecified atom stereocenters. The van der Waals surface area contributed by atoms with Crippen LogP contribution in [-0.4, -0.2) is 29.6 Å². The molecule has 2 rings (SSSR count). The van der Waals surface area contributed by atoms with Crippen LogP contribution in [0.1, 0.15) is 13.3 Å². The fraction of sp³-hybridized carbons (Fsp3) is 0.333. The summed E-state index contributed by atoms with van der Waals surface area (Å²) in [5.74, 6) is -0.499. The van der Waals surface area contributed by atoms with Crippen molar-refractivity contribution in [2.45, 2.75) is 19.4 Å². The van der Waals surface area contributed by atoms with Crippen LogP contribution in [-0.2, 0) is 9.59 Å². The first-order chi connectivity index (χ1) is 8.09. The molecule has 0 bridgehead atoms. The molecule has 5 heteroatoms. The van der Waals surface area contributed by atoms with Crippen molar-refractivity contribution in [2.75, 3.05) is 11.5 Å². The number of amides is 1. The average Bonchev–Trinajstić information content (AvgIpc) is 2.27. The number of nitrogens with zero attached hydrogens (tertiary/aromatic N) is 1. The lowest BCUT2D eigenvalue weighted by Gasteiger charge is -2.35. The van der Waals surface area contributed by atoms with Gasteiger partial charge in [0.05, 0.1) is 18.2 Å². The van der Waals surface area contributed by atoms with Gasteiger partial charge in [-0.3, -0.25) is 9.59 Å². The van der Waals surface area contributed by atoms with E-state index in [1.807, 2.05) is 6.07 Å². The quantitative estimate of drug-likeness (QED) is 0.838. The van der Waals surface area contributed by atoms with Crippen molar-refractivity contribution in [1.29, 1.82) is 0 Å². The molecule has 0 fully saturated rings. The summed E-state index contributed by atoms with van der Waals surface area (Å²) in [5.41, 5.74) is 0.637. The fourth-order valence-corrected chi connectivity index (χ4v) is 2.01. The predicted molar refractivity (Wildman–Crippen MR) is 61.1 cm³/mol. The number of hydrogen-bond donors (Lipinski definition) is 1. The van der Waals surface area contributed by atoms with Gasteiger partial charge < -0.3 is 14.7 Å². The normalized spacial score (nSPS) is 18.2. The summed E-state index contributed by atoms with van der Waals surface area (Å²) in [5, 5.41) is 8.82. The van der Waals surface area contributed by atoms with Crippen LogP contribution in [0, 0.1) is 0 Å². The lowest BCUT2D eigenvalue weighted by molar-refractivity contribution is -0.137. The molecule has 5 nitrogen and oxygen atoms in total. The number of carboxylic acids is 1. The molecule has 1 aliphatic rings. The summed E-state index contributed by atoms with van der Waals surface area (Å²) in [7, 11) is 0. The van der Waals surface area contributed by atoms with Gasteiger partial charge in [0, 0.05) is 6.92 Å². The van der Waals surface area contributed by atoms with Gasteiger partial charge in [-0.1, -0.05) is 12.1 Å². The second-order valence-electron chi connectivity index (χ2n) is 3.92. The van der Waals surface area contributed by atoms with Crippen LogP contribution in [0.15, 0.2) is 24.3 Å². The number of carboxylic acid groups (broad SMARTS) is 1. The Morgan fingerprint density at radius 1 is 1.47 bits per heavy atom. The zero-order chi connectivity index (χ0) is 12.4. The molecule has 0 spiro atoms. The zero-order valence-corrected chi connectivity index (χ0v) is 9.42. The Balaban J connectivity index is 2.36. The van der Waals surface area contributed by atoms with E-state index in [0.717, 1.165) is 0 Å². The topological polar surface area (TPSA) is 66.8 Å². The molecule has 0 radical (unpaired) electrons. The average molecular weight is 235 g/mol. The Morgan fingerprint density at radius 3 is 2.82 bits per heavy atom. The van der Waals surface area contributed by atoms with Crippen LogP contribution in [0.5, 0.6) is 5.75 Å². The van der Waals surface area contributed by atoms with Crippen molar-refractivity contribution >= 4 is 17.6 Å². The first-order valence-corrected chi connectivity index (χ1v) is 5.33. The number of hydrogen-bond acceptors (Lipinski definition) is 3.